The molecular weight excluding hydrogens is 248 g/mol. The third-order valence-electron chi connectivity index (χ3n) is 1.88. The fraction of sp³-hybridized carbons (Fsp3) is 0.0909. The minimum atomic E-state index is -1.70. The van der Waals surface area contributed by atoms with Gasteiger partial charge in [0.1, 0.15) is 12.2 Å². The maximum Gasteiger partial charge on any atom is 0.411 e. The van der Waals surface area contributed by atoms with Crippen LogP contribution in [0.4, 0.5) is 19.3 Å². The Labute approximate surface area is 101 Å². The third kappa shape index (κ3) is 3.03. The molecule has 0 spiro atoms. The summed E-state index contributed by atoms with van der Waals surface area (Å²) in [5, 5.41) is 10.7. The first kappa shape index (κ1) is 13.6. The first-order chi connectivity index (χ1) is 8.47. The number of anilines is 1. The highest BCUT2D eigenvalue weighted by Gasteiger charge is 2.21. The molecule has 0 aliphatic heterocycles. The van der Waals surface area contributed by atoms with Crippen molar-refractivity contribution in [3.05, 3.63) is 42.0 Å². The zero-order valence-electron chi connectivity index (χ0n) is 9.07. The molecule has 1 aromatic carbocycles. The quantitative estimate of drug-likeness (QED) is 0.812. The van der Waals surface area contributed by atoms with Crippen molar-refractivity contribution in [3.63, 3.8) is 0 Å². The maximum atomic E-state index is 13.3. The molecular formula is C11H9F2NO4. The summed E-state index contributed by atoms with van der Waals surface area (Å²) in [7, 11) is 0. The molecule has 96 valence electrons. The minimum Gasteiger partial charge on any atom is -0.478 e. The molecule has 1 aromatic rings. The summed E-state index contributed by atoms with van der Waals surface area (Å²) in [5.74, 6) is -4.58. The van der Waals surface area contributed by atoms with Crippen LogP contribution in [0.5, 0.6) is 0 Å². The van der Waals surface area contributed by atoms with E-state index < -0.39 is 34.9 Å². The van der Waals surface area contributed by atoms with Crippen molar-refractivity contribution in [2.24, 2.45) is 0 Å². The summed E-state index contributed by atoms with van der Waals surface area (Å²) in [6.45, 7) is 3.20. The Morgan fingerprint density at radius 1 is 1.44 bits per heavy atom. The van der Waals surface area contributed by atoms with Gasteiger partial charge in [0.05, 0.1) is 5.69 Å². The molecule has 7 heteroatoms. The van der Waals surface area contributed by atoms with E-state index >= 15 is 0 Å². The maximum absolute atomic E-state index is 13.3. The standard InChI is InChI=1S/C11H9F2NO4/c1-2-5-18-11(17)14-7-4-3-6(12)9(13)8(7)10(15)16/h2-4H,1,5H2,(H,14,17)(H,15,16). The number of nitrogens with one attached hydrogen (secondary N) is 1. The molecule has 0 atom stereocenters. The summed E-state index contributed by atoms with van der Waals surface area (Å²) >= 11 is 0. The Kier molecular flexibility index (Phi) is 4.36. The average Bonchev–Trinajstić information content (AvgIpc) is 2.31. The Balaban J connectivity index is 3.02. The van der Waals surface area contributed by atoms with Crippen molar-refractivity contribution in [2.75, 3.05) is 11.9 Å². The van der Waals surface area contributed by atoms with Crippen LogP contribution in [0.3, 0.4) is 0 Å². The van der Waals surface area contributed by atoms with Crippen LogP contribution in [0, 0.1) is 11.6 Å². The lowest BCUT2D eigenvalue weighted by Crippen LogP contribution is -2.17. The van der Waals surface area contributed by atoms with Crippen molar-refractivity contribution in [2.45, 2.75) is 0 Å². The minimum absolute atomic E-state index is 0.0993. The van der Waals surface area contributed by atoms with Gasteiger partial charge in [0, 0.05) is 0 Å². The lowest BCUT2D eigenvalue weighted by atomic mass is 10.1. The number of halogens is 2. The average molecular weight is 257 g/mol. The van der Waals surface area contributed by atoms with E-state index in [-0.39, 0.29) is 6.61 Å². The highest BCUT2D eigenvalue weighted by molar-refractivity contribution is 5.99. The second-order valence-electron chi connectivity index (χ2n) is 3.10. The number of rotatable bonds is 4. The van der Waals surface area contributed by atoms with Crippen LogP contribution in [0.1, 0.15) is 10.4 Å². The highest BCUT2D eigenvalue weighted by Crippen LogP contribution is 2.21. The van der Waals surface area contributed by atoms with E-state index in [0.29, 0.717) is 6.07 Å². The number of benzene rings is 1. The Hall–Kier alpha value is -2.44. The van der Waals surface area contributed by atoms with Crippen LogP contribution in [0.15, 0.2) is 24.8 Å². The Morgan fingerprint density at radius 2 is 2.11 bits per heavy atom. The number of ether oxygens (including phenoxy) is 1. The van der Waals surface area contributed by atoms with Gasteiger partial charge >= 0.3 is 12.1 Å². The number of amides is 1. The Bertz CT molecular complexity index is 502. The smallest absolute Gasteiger partial charge is 0.411 e. The van der Waals surface area contributed by atoms with Gasteiger partial charge in [-0.05, 0) is 12.1 Å². The van der Waals surface area contributed by atoms with Gasteiger partial charge in [0.15, 0.2) is 11.6 Å². The lowest BCUT2D eigenvalue weighted by Gasteiger charge is -2.09. The van der Waals surface area contributed by atoms with E-state index in [1.165, 1.54) is 6.08 Å². The molecule has 0 aromatic heterocycles. The van der Waals surface area contributed by atoms with Gasteiger partial charge in [-0.15, -0.1) is 0 Å². The molecule has 0 aliphatic carbocycles. The largest absolute Gasteiger partial charge is 0.478 e. The number of carbonyl (C=O) groups excluding carboxylic acids is 1. The third-order valence-corrected chi connectivity index (χ3v) is 1.88. The summed E-state index contributed by atoms with van der Waals surface area (Å²) in [4.78, 5) is 21.9. The van der Waals surface area contributed by atoms with E-state index in [4.69, 9.17) is 5.11 Å². The number of carbonyl (C=O) groups is 2. The van der Waals surface area contributed by atoms with Crippen molar-refractivity contribution in [1.82, 2.24) is 0 Å². The summed E-state index contributed by atoms with van der Waals surface area (Å²) < 4.78 is 30.6. The molecule has 0 radical (unpaired) electrons. The SMILES string of the molecule is C=CCOC(=O)Nc1ccc(F)c(F)c1C(=O)O. The molecule has 18 heavy (non-hydrogen) atoms. The van der Waals surface area contributed by atoms with E-state index in [1.54, 1.807) is 0 Å². The van der Waals surface area contributed by atoms with Crippen LogP contribution in [-0.4, -0.2) is 23.8 Å². The van der Waals surface area contributed by atoms with E-state index in [0.717, 1.165) is 6.07 Å². The second kappa shape index (κ2) is 5.76. The van der Waals surface area contributed by atoms with Crippen molar-refractivity contribution < 1.29 is 28.2 Å². The number of aromatic carboxylic acids is 1. The molecule has 0 aliphatic rings. The van der Waals surface area contributed by atoms with Crippen LogP contribution in [0.2, 0.25) is 0 Å². The molecule has 0 unspecified atom stereocenters. The number of hydrogen-bond donors (Lipinski definition) is 2. The predicted molar refractivity (Wildman–Crippen MR) is 58.5 cm³/mol. The van der Waals surface area contributed by atoms with Crippen LogP contribution >= 0.6 is 0 Å². The van der Waals surface area contributed by atoms with Gasteiger partial charge in [0.25, 0.3) is 0 Å². The zero-order valence-corrected chi connectivity index (χ0v) is 9.07. The van der Waals surface area contributed by atoms with Crippen molar-refractivity contribution >= 4 is 17.7 Å². The van der Waals surface area contributed by atoms with E-state index in [9.17, 15) is 18.4 Å². The second-order valence-corrected chi connectivity index (χ2v) is 3.10. The topological polar surface area (TPSA) is 75.6 Å². The number of hydrogen-bond acceptors (Lipinski definition) is 3. The molecule has 2 N–H and O–H groups in total. The van der Waals surface area contributed by atoms with Gasteiger partial charge in [0.2, 0.25) is 0 Å². The summed E-state index contributed by atoms with van der Waals surface area (Å²) in [5.41, 5.74) is -1.36. The van der Waals surface area contributed by atoms with Gasteiger partial charge < -0.3 is 9.84 Å². The molecule has 0 heterocycles. The van der Waals surface area contributed by atoms with Crippen LogP contribution < -0.4 is 5.32 Å². The van der Waals surface area contributed by atoms with E-state index in [1.807, 2.05) is 5.32 Å². The van der Waals surface area contributed by atoms with Gasteiger partial charge in [-0.2, -0.15) is 0 Å². The first-order valence-corrected chi connectivity index (χ1v) is 4.73. The molecule has 1 rings (SSSR count). The Morgan fingerprint density at radius 3 is 2.67 bits per heavy atom. The van der Waals surface area contributed by atoms with Gasteiger partial charge in [-0.1, -0.05) is 12.7 Å². The number of carboxylic acid groups (broad SMARTS) is 1. The lowest BCUT2D eigenvalue weighted by molar-refractivity contribution is 0.0692. The fourth-order valence-corrected chi connectivity index (χ4v) is 1.14. The van der Waals surface area contributed by atoms with Gasteiger partial charge in [-0.3, -0.25) is 5.32 Å². The molecule has 0 fully saturated rings. The molecule has 0 saturated heterocycles. The predicted octanol–water partition coefficient (Wildman–Crippen LogP) is 2.40. The monoisotopic (exact) mass is 257 g/mol. The molecule has 0 bridgehead atoms. The summed E-state index contributed by atoms with van der Waals surface area (Å²) in [6.07, 6.45) is 0.298. The van der Waals surface area contributed by atoms with Crippen molar-refractivity contribution in [3.8, 4) is 0 Å². The zero-order chi connectivity index (χ0) is 13.7. The van der Waals surface area contributed by atoms with Crippen LogP contribution in [-0.2, 0) is 4.74 Å². The molecule has 5 nitrogen and oxygen atoms in total. The summed E-state index contributed by atoms with van der Waals surface area (Å²) in [6, 6.07) is 1.63. The van der Waals surface area contributed by atoms with Gasteiger partial charge in [-0.25, -0.2) is 18.4 Å². The van der Waals surface area contributed by atoms with E-state index in [2.05, 4.69) is 11.3 Å². The van der Waals surface area contributed by atoms with Crippen LogP contribution in [0.25, 0.3) is 0 Å². The first-order valence-electron chi connectivity index (χ1n) is 4.73. The number of carboxylic acids is 1. The van der Waals surface area contributed by atoms with Crippen molar-refractivity contribution in [1.29, 1.82) is 0 Å². The highest BCUT2D eigenvalue weighted by atomic mass is 19.2. The molecule has 0 saturated carbocycles. The molecule has 1 amide bonds. The normalized spacial score (nSPS) is 9.67. The fourth-order valence-electron chi connectivity index (χ4n) is 1.14.